The Morgan fingerprint density at radius 3 is 2.11 bits per heavy atom. The number of carboxylic acid groups (broad SMARTS) is 3. The van der Waals surface area contributed by atoms with E-state index in [1.54, 1.807) is 17.3 Å². The van der Waals surface area contributed by atoms with Crippen LogP contribution >= 0.6 is 0 Å². The topological polar surface area (TPSA) is 151 Å². The highest BCUT2D eigenvalue weighted by Gasteiger charge is 2.43. The van der Waals surface area contributed by atoms with E-state index in [4.69, 9.17) is 5.26 Å². The second-order valence-corrected chi connectivity index (χ2v) is 8.86. The van der Waals surface area contributed by atoms with Gasteiger partial charge in [-0.1, -0.05) is 58.3 Å². The predicted molar refractivity (Wildman–Crippen MR) is 130 cm³/mol. The number of aromatic carboxylic acids is 3. The van der Waals surface area contributed by atoms with E-state index < -0.39 is 34.7 Å². The van der Waals surface area contributed by atoms with Crippen molar-refractivity contribution in [2.24, 2.45) is 0 Å². The molecule has 0 fully saturated rings. The maximum absolute atomic E-state index is 12.2. The van der Waals surface area contributed by atoms with Gasteiger partial charge in [0.25, 0.3) is 0 Å². The molecular formula is C26H35N3O6. The lowest BCUT2D eigenvalue weighted by Gasteiger charge is -2.41. The Balaban J connectivity index is 2.38. The van der Waals surface area contributed by atoms with Crippen LogP contribution < -0.4 is 5.32 Å². The maximum Gasteiger partial charge on any atom is 0.337 e. The third-order valence-corrected chi connectivity index (χ3v) is 6.45. The van der Waals surface area contributed by atoms with E-state index in [0.29, 0.717) is 12.8 Å². The largest absolute Gasteiger partial charge is 0.478 e. The van der Waals surface area contributed by atoms with Crippen LogP contribution in [-0.2, 0) is 5.66 Å². The minimum absolute atomic E-state index is 0.0739. The molecule has 1 aliphatic rings. The van der Waals surface area contributed by atoms with Crippen LogP contribution in [0.15, 0.2) is 24.5 Å². The number of rotatable bonds is 16. The number of hydrogen-bond donors (Lipinski definition) is 4. The zero-order valence-corrected chi connectivity index (χ0v) is 20.3. The lowest BCUT2D eigenvalue weighted by molar-refractivity contribution is 0.0635. The Hall–Kier alpha value is -3.54. The third kappa shape index (κ3) is 6.98. The second kappa shape index (κ2) is 13.4. The SMILES string of the molecule is CCCCCCCCCCCC1(c2cc(C(=O)O)cc(C(=O)O)c2C(=O)O)NC=CN1CCC#N. The summed E-state index contributed by atoms with van der Waals surface area (Å²) in [6, 6.07) is 4.20. The second-order valence-electron chi connectivity index (χ2n) is 8.86. The van der Waals surface area contributed by atoms with Crippen molar-refractivity contribution in [3.05, 3.63) is 46.8 Å². The first-order valence-electron chi connectivity index (χ1n) is 12.2. The number of nitrogens with one attached hydrogen (secondary N) is 1. The van der Waals surface area contributed by atoms with Gasteiger partial charge < -0.3 is 25.5 Å². The number of unbranched alkanes of at least 4 members (excludes halogenated alkanes) is 8. The number of carboxylic acids is 3. The van der Waals surface area contributed by atoms with Crippen LogP contribution in [-0.4, -0.2) is 44.7 Å². The summed E-state index contributed by atoms with van der Waals surface area (Å²) in [4.78, 5) is 37.7. The highest BCUT2D eigenvalue weighted by Crippen LogP contribution is 2.39. The summed E-state index contributed by atoms with van der Waals surface area (Å²) < 4.78 is 0. The highest BCUT2D eigenvalue weighted by atomic mass is 16.4. The lowest BCUT2D eigenvalue weighted by atomic mass is 9.84. The van der Waals surface area contributed by atoms with Gasteiger partial charge in [-0.3, -0.25) is 0 Å². The third-order valence-electron chi connectivity index (χ3n) is 6.45. The number of hydrogen-bond acceptors (Lipinski definition) is 6. The molecule has 1 unspecified atom stereocenters. The quantitative estimate of drug-likeness (QED) is 0.233. The van der Waals surface area contributed by atoms with Crippen molar-refractivity contribution in [2.45, 2.75) is 83.2 Å². The summed E-state index contributed by atoms with van der Waals surface area (Å²) in [5.41, 5.74) is -2.42. The summed E-state index contributed by atoms with van der Waals surface area (Å²) in [7, 11) is 0. The van der Waals surface area contributed by atoms with Gasteiger partial charge in [0, 0.05) is 24.5 Å². The molecule has 1 aromatic carbocycles. The van der Waals surface area contributed by atoms with Gasteiger partial charge in [0.1, 0.15) is 5.66 Å². The Morgan fingerprint density at radius 2 is 1.57 bits per heavy atom. The Labute approximate surface area is 206 Å². The van der Waals surface area contributed by atoms with Crippen molar-refractivity contribution in [3.63, 3.8) is 0 Å². The fourth-order valence-electron chi connectivity index (χ4n) is 4.68. The molecule has 1 aliphatic heterocycles. The van der Waals surface area contributed by atoms with E-state index in [2.05, 4.69) is 18.3 Å². The molecule has 9 nitrogen and oxygen atoms in total. The average molecular weight is 486 g/mol. The van der Waals surface area contributed by atoms with Crippen LogP contribution in [0.3, 0.4) is 0 Å². The minimum Gasteiger partial charge on any atom is -0.478 e. The molecular weight excluding hydrogens is 450 g/mol. The van der Waals surface area contributed by atoms with E-state index >= 15 is 0 Å². The van der Waals surface area contributed by atoms with Gasteiger partial charge in [-0.15, -0.1) is 0 Å². The Morgan fingerprint density at radius 1 is 0.943 bits per heavy atom. The van der Waals surface area contributed by atoms with Crippen LogP contribution in [0.2, 0.25) is 0 Å². The van der Waals surface area contributed by atoms with E-state index in [0.717, 1.165) is 25.3 Å². The molecule has 0 radical (unpaired) electrons. The van der Waals surface area contributed by atoms with E-state index in [1.807, 2.05) is 0 Å². The van der Waals surface area contributed by atoms with Crippen molar-refractivity contribution in [1.29, 1.82) is 5.26 Å². The van der Waals surface area contributed by atoms with Crippen LogP contribution in [0.4, 0.5) is 0 Å². The molecule has 0 saturated heterocycles. The molecule has 2 rings (SSSR count). The first-order chi connectivity index (χ1) is 16.8. The van der Waals surface area contributed by atoms with Crippen LogP contribution in [0, 0.1) is 11.3 Å². The van der Waals surface area contributed by atoms with Gasteiger partial charge in [0.2, 0.25) is 0 Å². The normalized spacial score (nSPS) is 16.6. The first kappa shape index (κ1) is 27.7. The van der Waals surface area contributed by atoms with Crippen molar-refractivity contribution < 1.29 is 29.7 Å². The molecule has 190 valence electrons. The molecule has 0 bridgehead atoms. The molecule has 0 saturated carbocycles. The molecule has 0 spiro atoms. The molecule has 9 heteroatoms. The summed E-state index contributed by atoms with van der Waals surface area (Å²) in [6.45, 7) is 2.46. The summed E-state index contributed by atoms with van der Waals surface area (Å²) in [6.07, 6.45) is 13.7. The minimum atomic E-state index is -1.51. The average Bonchev–Trinajstić information content (AvgIpc) is 3.24. The maximum atomic E-state index is 12.2. The van der Waals surface area contributed by atoms with Crippen LogP contribution in [0.1, 0.15) is 114 Å². The Kier molecular flexibility index (Phi) is 10.6. The molecule has 0 aliphatic carbocycles. The summed E-state index contributed by atoms with van der Waals surface area (Å²) >= 11 is 0. The summed E-state index contributed by atoms with van der Waals surface area (Å²) in [5.74, 6) is -4.31. The number of benzene rings is 1. The van der Waals surface area contributed by atoms with Gasteiger partial charge in [0.05, 0.1) is 29.2 Å². The standard InChI is InChI=1S/C26H35N3O6/c1-2-3-4-5-6-7-8-9-10-12-26(28-14-16-29(26)15-11-13-27)21-18-19(23(30)31)17-20(24(32)33)22(21)25(34)35/h14,16-18,28H,2-12,15H2,1H3,(H,30,31)(H,32,33)(H,34,35). The van der Waals surface area contributed by atoms with E-state index in [1.165, 1.54) is 38.2 Å². The van der Waals surface area contributed by atoms with Crippen LogP contribution in [0.25, 0.3) is 0 Å². The number of nitriles is 1. The smallest absolute Gasteiger partial charge is 0.337 e. The van der Waals surface area contributed by atoms with Crippen molar-refractivity contribution in [3.8, 4) is 6.07 Å². The fraction of sp³-hybridized carbons (Fsp3) is 0.538. The van der Waals surface area contributed by atoms with Gasteiger partial charge in [0.15, 0.2) is 0 Å². The molecule has 1 atom stereocenters. The number of carbonyl (C=O) groups is 3. The van der Waals surface area contributed by atoms with Crippen molar-refractivity contribution >= 4 is 17.9 Å². The molecule has 0 amide bonds. The molecule has 0 aromatic heterocycles. The number of nitrogens with zero attached hydrogens (tertiary/aromatic N) is 2. The molecule has 1 heterocycles. The van der Waals surface area contributed by atoms with Gasteiger partial charge in [-0.2, -0.15) is 5.26 Å². The zero-order chi connectivity index (χ0) is 25.8. The Bertz CT molecular complexity index is 984. The van der Waals surface area contributed by atoms with E-state index in [9.17, 15) is 29.7 Å². The monoisotopic (exact) mass is 485 g/mol. The van der Waals surface area contributed by atoms with Gasteiger partial charge >= 0.3 is 17.9 Å². The van der Waals surface area contributed by atoms with Crippen LogP contribution in [0.5, 0.6) is 0 Å². The predicted octanol–water partition coefficient (Wildman–Crippen LogP) is 5.14. The van der Waals surface area contributed by atoms with Gasteiger partial charge in [-0.05, 0) is 25.0 Å². The van der Waals surface area contributed by atoms with Crippen molar-refractivity contribution in [2.75, 3.05) is 6.54 Å². The summed E-state index contributed by atoms with van der Waals surface area (Å²) in [5, 5.41) is 41.5. The highest BCUT2D eigenvalue weighted by molar-refractivity contribution is 6.05. The first-order valence-corrected chi connectivity index (χ1v) is 12.2. The van der Waals surface area contributed by atoms with Gasteiger partial charge in [-0.25, -0.2) is 14.4 Å². The molecule has 1 aromatic rings. The molecule has 4 N–H and O–H groups in total. The fourth-order valence-corrected chi connectivity index (χ4v) is 4.68. The zero-order valence-electron chi connectivity index (χ0n) is 20.3. The van der Waals surface area contributed by atoms with Crippen molar-refractivity contribution in [1.82, 2.24) is 10.2 Å². The molecule has 35 heavy (non-hydrogen) atoms. The lowest BCUT2D eigenvalue weighted by Crippen LogP contribution is -2.50. The van der Waals surface area contributed by atoms with E-state index in [-0.39, 0.29) is 24.1 Å².